The molecule has 9 heteroatoms. The zero-order valence-electron chi connectivity index (χ0n) is 20.8. The average molecular weight is 487 g/mol. The Balaban J connectivity index is 1.31. The van der Waals surface area contributed by atoms with Gasteiger partial charge in [0.2, 0.25) is 0 Å². The molecule has 0 radical (unpaired) electrons. The number of nitrogens with zero attached hydrogens (tertiary/aromatic N) is 2. The summed E-state index contributed by atoms with van der Waals surface area (Å²) >= 11 is 0. The minimum Gasteiger partial charge on any atom is -0.465 e. The molecule has 1 N–H and O–H groups in total. The van der Waals surface area contributed by atoms with Gasteiger partial charge in [-0.15, -0.1) is 0 Å². The number of hydrogen-bond donors (Lipinski definition) is 1. The second kappa shape index (κ2) is 8.53. The van der Waals surface area contributed by atoms with Gasteiger partial charge in [0.1, 0.15) is 5.60 Å². The Kier molecular flexibility index (Phi) is 6.18. The van der Waals surface area contributed by atoms with E-state index in [0.717, 1.165) is 32.1 Å². The maximum Gasteiger partial charge on any atom is 0.407 e. The van der Waals surface area contributed by atoms with Crippen molar-refractivity contribution in [2.75, 3.05) is 39.9 Å². The minimum absolute atomic E-state index is 0.0456. The lowest BCUT2D eigenvalue weighted by atomic mass is 9.60. The largest absolute Gasteiger partial charge is 0.465 e. The van der Waals surface area contributed by atoms with Gasteiger partial charge in [0.05, 0.1) is 37.5 Å². The third kappa shape index (κ3) is 4.24. The van der Waals surface area contributed by atoms with Crippen LogP contribution in [0.5, 0.6) is 0 Å². The molecule has 0 aromatic heterocycles. The predicted molar refractivity (Wildman–Crippen MR) is 121 cm³/mol. The highest BCUT2D eigenvalue weighted by molar-refractivity contribution is 5.67. The Morgan fingerprint density at radius 3 is 2.53 bits per heavy atom. The number of methoxy groups -OCH3 is 1. The van der Waals surface area contributed by atoms with Crippen LogP contribution in [0.25, 0.3) is 0 Å². The van der Waals surface area contributed by atoms with Crippen LogP contribution in [0.2, 0.25) is 0 Å². The van der Waals surface area contributed by atoms with Crippen molar-refractivity contribution in [3.63, 3.8) is 0 Å². The summed E-state index contributed by atoms with van der Waals surface area (Å²) in [7, 11) is 1.72. The van der Waals surface area contributed by atoms with Gasteiger partial charge < -0.3 is 24.2 Å². The average Bonchev–Trinajstić information content (AvgIpc) is 3.62. The lowest BCUT2D eigenvalue weighted by Crippen LogP contribution is -2.67. The molecule has 1 spiro atoms. The molecule has 0 bridgehead atoms. The van der Waals surface area contributed by atoms with Gasteiger partial charge in [-0.2, -0.15) is 0 Å². The zero-order chi connectivity index (χ0) is 24.5. The highest BCUT2D eigenvalue weighted by atomic mass is 19.3. The number of alkyl halides is 2. The number of amides is 1. The Morgan fingerprint density at radius 1 is 1.26 bits per heavy atom. The molecule has 5 aliphatic rings. The molecule has 5 rings (SSSR count). The second-order valence-electron chi connectivity index (χ2n) is 12.0. The summed E-state index contributed by atoms with van der Waals surface area (Å²) in [6.45, 7) is 8.00. The van der Waals surface area contributed by atoms with Crippen LogP contribution in [0.15, 0.2) is 0 Å². The molecular formula is C25H40F2N2O5. The molecule has 1 saturated carbocycles. The Hall–Kier alpha value is -1.03. The summed E-state index contributed by atoms with van der Waals surface area (Å²) in [6, 6.07) is -0.153. The lowest BCUT2D eigenvalue weighted by molar-refractivity contribution is -0.143. The third-order valence-electron chi connectivity index (χ3n) is 9.29. The third-order valence-corrected chi connectivity index (χ3v) is 9.29. The van der Waals surface area contributed by atoms with E-state index in [-0.39, 0.29) is 60.3 Å². The topological polar surface area (TPSA) is 78.1 Å². The number of halogens is 2. The summed E-state index contributed by atoms with van der Waals surface area (Å²) < 4.78 is 45.0. The molecule has 7 nitrogen and oxygen atoms in total. The van der Waals surface area contributed by atoms with Crippen molar-refractivity contribution in [2.45, 2.75) is 88.2 Å². The fraction of sp³-hybridized carbons (Fsp3) is 0.960. The molecule has 0 aromatic carbocycles. The van der Waals surface area contributed by atoms with Crippen molar-refractivity contribution >= 4 is 6.09 Å². The number of rotatable bonds is 9. The van der Waals surface area contributed by atoms with E-state index in [4.69, 9.17) is 14.2 Å². The summed E-state index contributed by atoms with van der Waals surface area (Å²) in [6.07, 6.45) is 3.68. The van der Waals surface area contributed by atoms with E-state index in [2.05, 4.69) is 20.8 Å². The van der Waals surface area contributed by atoms with Crippen LogP contribution >= 0.6 is 0 Å². The smallest absolute Gasteiger partial charge is 0.407 e. The monoisotopic (exact) mass is 486 g/mol. The number of ether oxygens (including phenoxy) is 3. The number of carboxylic acid groups (broad SMARTS) is 1. The van der Waals surface area contributed by atoms with Crippen LogP contribution in [0.3, 0.4) is 0 Å². The van der Waals surface area contributed by atoms with Crippen LogP contribution in [-0.4, -0.2) is 96.3 Å². The molecule has 5 fully saturated rings. The number of carbonyl (C=O) groups is 1. The van der Waals surface area contributed by atoms with Gasteiger partial charge >= 0.3 is 6.09 Å². The van der Waals surface area contributed by atoms with Crippen molar-refractivity contribution in [3.05, 3.63) is 0 Å². The minimum atomic E-state index is -2.58. The Labute approximate surface area is 201 Å². The lowest BCUT2D eigenvalue weighted by Gasteiger charge is -2.56. The van der Waals surface area contributed by atoms with Gasteiger partial charge in [-0.25, -0.2) is 13.6 Å². The van der Waals surface area contributed by atoms with E-state index in [0.29, 0.717) is 25.6 Å². The zero-order valence-corrected chi connectivity index (χ0v) is 20.8. The van der Waals surface area contributed by atoms with Crippen molar-refractivity contribution in [1.82, 2.24) is 9.80 Å². The maximum atomic E-state index is 13.2. The van der Waals surface area contributed by atoms with E-state index in [1.54, 1.807) is 16.9 Å². The molecule has 2 unspecified atom stereocenters. The molecule has 1 aliphatic carbocycles. The second-order valence-corrected chi connectivity index (χ2v) is 12.0. The van der Waals surface area contributed by atoms with Gasteiger partial charge in [0, 0.05) is 31.5 Å². The maximum absolute atomic E-state index is 13.2. The van der Waals surface area contributed by atoms with Crippen LogP contribution in [0, 0.1) is 23.7 Å². The van der Waals surface area contributed by atoms with Crippen LogP contribution < -0.4 is 0 Å². The number of epoxide rings is 2. The molecule has 4 heterocycles. The van der Waals surface area contributed by atoms with Gasteiger partial charge in [0.25, 0.3) is 5.92 Å². The standard InChI is InChI=1S/C25H40F2N2O5/c1-15(2)5-6-18-23(3,34-18)21-20(32-4)17(7-9-24(21)14-33-24)19-16(11-29(19)22(30)31)8-10-28-12-25(26,27)13-28/h15-21H,5-14H2,1-4H3,(H,30,31)/t16?,17-,18-,19?,20+,21-,23+,24+/m1/s1. The van der Waals surface area contributed by atoms with Crippen molar-refractivity contribution in [3.8, 4) is 0 Å². The molecule has 8 atom stereocenters. The van der Waals surface area contributed by atoms with Crippen molar-refractivity contribution < 1.29 is 32.9 Å². The quantitative estimate of drug-likeness (QED) is 0.501. The summed E-state index contributed by atoms with van der Waals surface area (Å²) in [4.78, 5) is 15.3. The van der Waals surface area contributed by atoms with E-state index in [1.807, 2.05) is 0 Å². The molecule has 194 valence electrons. The normalized spacial score (nSPS) is 45.2. The first kappa shape index (κ1) is 24.7. The van der Waals surface area contributed by atoms with Crippen LogP contribution in [0.4, 0.5) is 13.6 Å². The Morgan fingerprint density at radius 2 is 1.97 bits per heavy atom. The van der Waals surface area contributed by atoms with Gasteiger partial charge in [-0.3, -0.25) is 4.90 Å². The number of hydrogen-bond acceptors (Lipinski definition) is 5. The molecule has 4 saturated heterocycles. The van der Waals surface area contributed by atoms with Crippen LogP contribution in [-0.2, 0) is 14.2 Å². The fourth-order valence-corrected chi connectivity index (χ4v) is 7.36. The van der Waals surface area contributed by atoms with Gasteiger partial charge in [0.15, 0.2) is 0 Å². The highest BCUT2D eigenvalue weighted by Crippen LogP contribution is 2.61. The van der Waals surface area contributed by atoms with Crippen LogP contribution in [0.1, 0.15) is 52.9 Å². The van der Waals surface area contributed by atoms with Gasteiger partial charge in [-0.1, -0.05) is 13.8 Å². The van der Waals surface area contributed by atoms with Crippen molar-refractivity contribution in [1.29, 1.82) is 0 Å². The van der Waals surface area contributed by atoms with E-state index < -0.39 is 12.0 Å². The molecule has 0 aromatic rings. The predicted octanol–water partition coefficient (Wildman–Crippen LogP) is 3.71. The highest BCUT2D eigenvalue weighted by Gasteiger charge is 2.72. The van der Waals surface area contributed by atoms with E-state index in [1.165, 1.54) is 0 Å². The summed E-state index contributed by atoms with van der Waals surface area (Å²) in [5.41, 5.74) is -0.545. The molecule has 34 heavy (non-hydrogen) atoms. The SMILES string of the molecule is CO[C@H]1[C@@H](C2C(CCN3CC(F)(F)C3)CN2C(=O)O)CC[C@]2(CO2)[C@H]1[C@@]1(C)O[C@@H]1CCC(C)C. The first-order valence-corrected chi connectivity index (χ1v) is 12.9. The number of likely N-dealkylation sites (tertiary alicyclic amines) is 2. The summed E-state index contributed by atoms with van der Waals surface area (Å²) in [5.74, 6) is -1.69. The fourth-order valence-electron chi connectivity index (χ4n) is 7.36. The van der Waals surface area contributed by atoms with Gasteiger partial charge in [-0.05, 0) is 57.4 Å². The van der Waals surface area contributed by atoms with E-state index >= 15 is 0 Å². The molecular weight excluding hydrogens is 446 g/mol. The molecule has 1 amide bonds. The Bertz CT molecular complexity index is 785. The first-order valence-electron chi connectivity index (χ1n) is 12.9. The summed E-state index contributed by atoms with van der Waals surface area (Å²) in [5, 5.41) is 9.86. The first-order chi connectivity index (χ1) is 16.0. The van der Waals surface area contributed by atoms with Crippen molar-refractivity contribution in [2.24, 2.45) is 23.7 Å². The van der Waals surface area contributed by atoms with E-state index in [9.17, 15) is 18.7 Å². The molecule has 4 aliphatic heterocycles.